The van der Waals surface area contributed by atoms with Gasteiger partial charge in [-0.3, -0.25) is 16.3 Å². The number of aromatic nitrogens is 1. The van der Waals surface area contributed by atoms with Crippen LogP contribution in [0.15, 0.2) is 30.5 Å². The van der Waals surface area contributed by atoms with Crippen molar-refractivity contribution in [2.75, 3.05) is 7.11 Å². The second-order valence-electron chi connectivity index (χ2n) is 4.38. The fraction of sp³-hybridized carbons (Fsp3) is 0.214. The molecule has 0 fully saturated rings. The molecule has 112 valence electrons. The van der Waals surface area contributed by atoms with E-state index in [9.17, 15) is 4.39 Å². The first-order chi connectivity index (χ1) is 10.1. The number of benzene rings is 1. The molecule has 2 rings (SSSR count). The summed E-state index contributed by atoms with van der Waals surface area (Å²) in [6, 6.07) is 6.04. The molecule has 0 saturated carbocycles. The summed E-state index contributed by atoms with van der Waals surface area (Å²) >= 11 is 11.9. The van der Waals surface area contributed by atoms with Gasteiger partial charge in [0.15, 0.2) is 11.6 Å². The largest absolute Gasteiger partial charge is 0.494 e. The summed E-state index contributed by atoms with van der Waals surface area (Å²) in [5, 5.41) is 0.792. The number of nitrogens with two attached hydrogens (primary N) is 1. The van der Waals surface area contributed by atoms with Crippen molar-refractivity contribution in [1.29, 1.82) is 0 Å². The van der Waals surface area contributed by atoms with Crippen molar-refractivity contribution in [1.82, 2.24) is 10.4 Å². The SMILES string of the molecule is COc1cccc(CC(NN)c2ncc(Cl)cc2Cl)c1F. The summed E-state index contributed by atoms with van der Waals surface area (Å²) in [6.07, 6.45) is 1.74. The molecule has 4 nitrogen and oxygen atoms in total. The van der Waals surface area contributed by atoms with Crippen molar-refractivity contribution < 1.29 is 9.13 Å². The average Bonchev–Trinajstić information content (AvgIpc) is 2.47. The predicted octanol–water partition coefficient (Wildman–Crippen LogP) is 3.28. The molecule has 21 heavy (non-hydrogen) atoms. The average molecular weight is 330 g/mol. The van der Waals surface area contributed by atoms with Crippen LogP contribution in [0.4, 0.5) is 4.39 Å². The van der Waals surface area contributed by atoms with E-state index in [2.05, 4.69) is 10.4 Å². The number of nitrogens with zero attached hydrogens (tertiary/aromatic N) is 1. The van der Waals surface area contributed by atoms with E-state index in [1.165, 1.54) is 13.3 Å². The minimum atomic E-state index is -0.448. The lowest BCUT2D eigenvalue weighted by atomic mass is 10.0. The van der Waals surface area contributed by atoms with Gasteiger partial charge in [0.2, 0.25) is 0 Å². The van der Waals surface area contributed by atoms with Crippen LogP contribution in [-0.4, -0.2) is 12.1 Å². The predicted molar refractivity (Wildman–Crippen MR) is 81.0 cm³/mol. The van der Waals surface area contributed by atoms with Gasteiger partial charge in [0.25, 0.3) is 0 Å². The molecule has 0 aliphatic rings. The van der Waals surface area contributed by atoms with E-state index in [1.807, 2.05) is 0 Å². The Kier molecular flexibility index (Phi) is 5.36. The van der Waals surface area contributed by atoms with Crippen LogP contribution < -0.4 is 16.0 Å². The Balaban J connectivity index is 2.31. The minimum absolute atomic E-state index is 0.179. The van der Waals surface area contributed by atoms with Crippen molar-refractivity contribution in [3.05, 3.63) is 57.6 Å². The van der Waals surface area contributed by atoms with Gasteiger partial charge >= 0.3 is 0 Å². The highest BCUT2D eigenvalue weighted by Gasteiger charge is 2.19. The summed E-state index contributed by atoms with van der Waals surface area (Å²) < 4.78 is 19.1. The molecular formula is C14H14Cl2FN3O. The number of hydrogen-bond donors (Lipinski definition) is 2. The van der Waals surface area contributed by atoms with Crippen molar-refractivity contribution in [2.24, 2.45) is 5.84 Å². The maximum atomic E-state index is 14.2. The first-order valence-corrected chi connectivity index (χ1v) is 6.90. The second kappa shape index (κ2) is 7.04. The normalized spacial score (nSPS) is 12.2. The van der Waals surface area contributed by atoms with Gasteiger partial charge in [-0.25, -0.2) is 4.39 Å². The highest BCUT2D eigenvalue weighted by molar-refractivity contribution is 6.34. The van der Waals surface area contributed by atoms with Gasteiger partial charge in [-0.1, -0.05) is 35.3 Å². The Labute approximate surface area is 132 Å². The van der Waals surface area contributed by atoms with Crippen molar-refractivity contribution in [3.63, 3.8) is 0 Å². The molecule has 1 heterocycles. The lowest BCUT2D eigenvalue weighted by Crippen LogP contribution is -2.30. The molecule has 0 aliphatic heterocycles. The van der Waals surface area contributed by atoms with Crippen molar-refractivity contribution >= 4 is 23.2 Å². The number of rotatable bonds is 5. The fourth-order valence-corrected chi connectivity index (χ4v) is 2.52. The zero-order valence-corrected chi connectivity index (χ0v) is 12.7. The third kappa shape index (κ3) is 3.63. The van der Waals surface area contributed by atoms with Crippen LogP contribution >= 0.6 is 23.2 Å². The summed E-state index contributed by atoms with van der Waals surface area (Å²) in [5.41, 5.74) is 3.55. The van der Waals surface area contributed by atoms with E-state index in [-0.39, 0.29) is 12.2 Å². The maximum absolute atomic E-state index is 14.2. The Bertz CT molecular complexity index is 640. The Morgan fingerprint density at radius 1 is 1.43 bits per heavy atom. The molecule has 0 aliphatic carbocycles. The van der Waals surface area contributed by atoms with Gasteiger partial charge in [0, 0.05) is 6.20 Å². The van der Waals surface area contributed by atoms with Gasteiger partial charge in [-0.2, -0.15) is 0 Å². The Hall–Kier alpha value is -1.40. The molecule has 1 aromatic carbocycles. The maximum Gasteiger partial charge on any atom is 0.168 e. The van der Waals surface area contributed by atoms with Crippen LogP contribution in [0, 0.1) is 5.82 Å². The van der Waals surface area contributed by atoms with E-state index in [0.717, 1.165) is 0 Å². The van der Waals surface area contributed by atoms with Gasteiger partial charge in [0.05, 0.1) is 28.9 Å². The molecular weight excluding hydrogens is 316 g/mol. The number of ether oxygens (including phenoxy) is 1. The standard InChI is InChI=1S/C14H14Cl2FN3O/c1-21-12-4-2-3-8(13(12)17)5-11(20-18)14-10(16)6-9(15)7-19-14/h2-4,6-7,11,20H,5,18H2,1H3. The summed E-state index contributed by atoms with van der Waals surface area (Å²) in [4.78, 5) is 4.16. The quantitative estimate of drug-likeness (QED) is 0.652. The van der Waals surface area contributed by atoms with Crippen molar-refractivity contribution in [2.45, 2.75) is 12.5 Å². The first kappa shape index (κ1) is 16.0. The third-order valence-electron chi connectivity index (χ3n) is 3.05. The highest BCUT2D eigenvalue weighted by Crippen LogP contribution is 2.28. The zero-order valence-electron chi connectivity index (χ0n) is 11.2. The Morgan fingerprint density at radius 2 is 2.19 bits per heavy atom. The first-order valence-electron chi connectivity index (χ1n) is 6.15. The molecule has 7 heteroatoms. The van der Waals surface area contributed by atoms with Crippen LogP contribution in [0.2, 0.25) is 10.0 Å². The van der Waals surface area contributed by atoms with Gasteiger partial charge in [-0.15, -0.1) is 0 Å². The topological polar surface area (TPSA) is 60.2 Å². The molecule has 3 N–H and O–H groups in total. The molecule has 0 radical (unpaired) electrons. The van der Waals surface area contributed by atoms with E-state index >= 15 is 0 Å². The summed E-state index contributed by atoms with van der Waals surface area (Å²) in [6.45, 7) is 0. The van der Waals surface area contributed by atoms with E-state index in [1.54, 1.807) is 24.3 Å². The highest BCUT2D eigenvalue weighted by atomic mass is 35.5. The Morgan fingerprint density at radius 3 is 2.81 bits per heavy atom. The fourth-order valence-electron chi connectivity index (χ4n) is 2.01. The van der Waals surface area contributed by atoms with Gasteiger partial charge in [-0.05, 0) is 24.1 Å². The molecule has 0 amide bonds. The number of hydrazine groups is 1. The summed E-state index contributed by atoms with van der Waals surface area (Å²) in [5.74, 6) is 5.30. The molecule has 0 bridgehead atoms. The number of hydrogen-bond acceptors (Lipinski definition) is 4. The lowest BCUT2D eigenvalue weighted by Gasteiger charge is -2.17. The molecule has 0 saturated heterocycles. The van der Waals surface area contributed by atoms with Crippen LogP contribution in [-0.2, 0) is 6.42 Å². The van der Waals surface area contributed by atoms with Gasteiger partial charge < -0.3 is 4.74 Å². The minimum Gasteiger partial charge on any atom is -0.494 e. The van der Waals surface area contributed by atoms with Crippen LogP contribution in [0.25, 0.3) is 0 Å². The summed E-state index contributed by atoms with van der Waals surface area (Å²) in [7, 11) is 1.42. The van der Waals surface area contributed by atoms with Crippen LogP contribution in [0.5, 0.6) is 5.75 Å². The molecule has 2 aromatic rings. The van der Waals surface area contributed by atoms with Gasteiger partial charge in [0.1, 0.15) is 0 Å². The van der Waals surface area contributed by atoms with E-state index in [4.69, 9.17) is 33.8 Å². The number of methoxy groups -OCH3 is 1. The zero-order chi connectivity index (χ0) is 15.4. The second-order valence-corrected chi connectivity index (χ2v) is 5.22. The number of nitrogens with one attached hydrogen (secondary N) is 1. The van der Waals surface area contributed by atoms with E-state index < -0.39 is 11.9 Å². The van der Waals surface area contributed by atoms with E-state index in [0.29, 0.717) is 21.3 Å². The molecule has 1 unspecified atom stereocenters. The third-order valence-corrected chi connectivity index (χ3v) is 3.56. The smallest absolute Gasteiger partial charge is 0.168 e. The molecule has 1 aromatic heterocycles. The monoisotopic (exact) mass is 329 g/mol. The van der Waals surface area contributed by atoms with Crippen molar-refractivity contribution in [3.8, 4) is 5.75 Å². The lowest BCUT2D eigenvalue weighted by molar-refractivity contribution is 0.382. The van der Waals surface area contributed by atoms with Crippen LogP contribution in [0.3, 0.4) is 0 Å². The number of halogens is 3. The molecule has 1 atom stereocenters. The molecule has 0 spiro atoms. The van der Waals surface area contributed by atoms with Crippen LogP contribution in [0.1, 0.15) is 17.3 Å². The number of pyridine rings is 1.